The van der Waals surface area contributed by atoms with Crippen LogP contribution in [0.1, 0.15) is 17.2 Å². The van der Waals surface area contributed by atoms with Gasteiger partial charge in [0, 0.05) is 10.0 Å². The zero-order valence-electron chi connectivity index (χ0n) is 17.7. The lowest BCUT2D eigenvalue weighted by Crippen LogP contribution is -2.29. The Balaban J connectivity index is 1.72. The minimum atomic E-state index is -0.926. The number of carbonyl (C=O) groups is 2. The van der Waals surface area contributed by atoms with E-state index in [4.69, 9.17) is 4.74 Å². The van der Waals surface area contributed by atoms with Crippen LogP contribution in [0, 0.1) is 5.82 Å². The Hall–Kier alpha value is -3.56. The lowest BCUT2D eigenvalue weighted by atomic mass is 9.95. The average Bonchev–Trinajstić information content (AvgIpc) is 3.36. The third-order valence-corrected chi connectivity index (χ3v) is 7.03. The van der Waals surface area contributed by atoms with Gasteiger partial charge in [0.15, 0.2) is 5.13 Å². The summed E-state index contributed by atoms with van der Waals surface area (Å²) in [6, 6.07) is 16.9. The molecule has 4 aromatic rings. The summed E-state index contributed by atoms with van der Waals surface area (Å²) >= 11 is 4.53. The summed E-state index contributed by atoms with van der Waals surface area (Å²) in [7, 11) is 1.53. The van der Waals surface area contributed by atoms with Crippen molar-refractivity contribution in [2.45, 2.75) is 6.04 Å². The largest absolute Gasteiger partial charge is 0.507 e. The minimum Gasteiger partial charge on any atom is -0.507 e. The summed E-state index contributed by atoms with van der Waals surface area (Å²) in [5, 5.41) is 11.4. The van der Waals surface area contributed by atoms with E-state index < -0.39 is 23.5 Å². The van der Waals surface area contributed by atoms with E-state index in [0.717, 1.165) is 15.8 Å². The molecule has 1 aliphatic rings. The molecule has 1 fully saturated rings. The van der Waals surface area contributed by atoms with Crippen molar-refractivity contribution in [3.63, 3.8) is 0 Å². The zero-order chi connectivity index (χ0) is 24.0. The predicted octanol–water partition coefficient (Wildman–Crippen LogP) is 5.83. The number of methoxy groups -OCH3 is 1. The second-order valence-corrected chi connectivity index (χ2v) is 9.49. The zero-order valence-corrected chi connectivity index (χ0v) is 20.1. The van der Waals surface area contributed by atoms with Gasteiger partial charge in [-0.15, -0.1) is 0 Å². The van der Waals surface area contributed by atoms with Gasteiger partial charge in [-0.1, -0.05) is 39.4 Å². The summed E-state index contributed by atoms with van der Waals surface area (Å²) in [6.45, 7) is 0. The molecule has 0 bridgehead atoms. The molecule has 0 radical (unpaired) electrons. The van der Waals surface area contributed by atoms with Crippen LogP contribution in [0.25, 0.3) is 16.0 Å². The number of rotatable bonds is 4. The maximum absolute atomic E-state index is 13.7. The number of hydrogen-bond acceptors (Lipinski definition) is 6. The number of ketones is 1. The van der Waals surface area contributed by atoms with E-state index in [0.29, 0.717) is 27.1 Å². The number of ether oxygens (including phenoxy) is 1. The number of anilines is 1. The first-order valence-electron chi connectivity index (χ1n) is 10.1. The third kappa shape index (κ3) is 3.76. The highest BCUT2D eigenvalue weighted by Gasteiger charge is 2.48. The number of carbonyl (C=O) groups excluding carboxylic acids is 2. The maximum Gasteiger partial charge on any atom is 0.301 e. The van der Waals surface area contributed by atoms with Crippen LogP contribution in [-0.4, -0.2) is 28.9 Å². The fraction of sp³-hybridized carbons (Fsp3) is 0.0800. The molecule has 0 aliphatic carbocycles. The van der Waals surface area contributed by atoms with Crippen LogP contribution in [0.5, 0.6) is 5.75 Å². The third-order valence-electron chi connectivity index (χ3n) is 5.52. The van der Waals surface area contributed by atoms with E-state index in [1.54, 1.807) is 42.5 Å². The summed E-state index contributed by atoms with van der Waals surface area (Å²) in [5.74, 6) is -1.79. The van der Waals surface area contributed by atoms with Gasteiger partial charge in [-0.05, 0) is 60.2 Å². The van der Waals surface area contributed by atoms with Crippen LogP contribution in [0.3, 0.4) is 0 Å². The predicted molar refractivity (Wildman–Crippen MR) is 131 cm³/mol. The molecule has 170 valence electrons. The number of Topliss-reactive ketones (excluding diaryl/α,β-unsaturated/α-hetero) is 1. The van der Waals surface area contributed by atoms with E-state index in [2.05, 4.69) is 20.9 Å². The second kappa shape index (κ2) is 8.66. The van der Waals surface area contributed by atoms with Crippen molar-refractivity contribution in [1.82, 2.24) is 4.98 Å². The SMILES string of the molecule is COc1ccc(C(O)=C2C(=O)C(=O)N(c3nc4ccc(F)cc4s3)[C@H]2c2cccc(Br)c2)cc1. The fourth-order valence-electron chi connectivity index (χ4n) is 3.92. The highest BCUT2D eigenvalue weighted by atomic mass is 79.9. The van der Waals surface area contributed by atoms with Crippen LogP contribution in [0.2, 0.25) is 0 Å². The molecule has 2 heterocycles. The van der Waals surface area contributed by atoms with Crippen molar-refractivity contribution in [3.05, 3.63) is 93.7 Å². The summed E-state index contributed by atoms with van der Waals surface area (Å²) in [4.78, 5) is 32.2. The first kappa shape index (κ1) is 22.2. The Labute approximate surface area is 206 Å². The average molecular weight is 539 g/mol. The molecule has 1 N–H and O–H groups in total. The maximum atomic E-state index is 13.7. The monoisotopic (exact) mass is 538 g/mol. The molecule has 0 unspecified atom stereocenters. The first-order chi connectivity index (χ1) is 16.4. The Kier molecular flexibility index (Phi) is 5.66. The lowest BCUT2D eigenvalue weighted by molar-refractivity contribution is -0.132. The van der Waals surface area contributed by atoms with Gasteiger partial charge in [0.2, 0.25) is 0 Å². The first-order valence-corrected chi connectivity index (χ1v) is 11.8. The molecular formula is C25H16BrFN2O4S. The van der Waals surface area contributed by atoms with Crippen LogP contribution in [0.15, 0.2) is 76.8 Å². The molecule has 0 saturated carbocycles. The molecule has 9 heteroatoms. The van der Waals surface area contributed by atoms with E-state index in [1.807, 2.05) is 6.07 Å². The molecule has 5 rings (SSSR count). The van der Waals surface area contributed by atoms with Crippen molar-refractivity contribution in [1.29, 1.82) is 0 Å². The van der Waals surface area contributed by atoms with Gasteiger partial charge in [0.25, 0.3) is 5.78 Å². The van der Waals surface area contributed by atoms with Crippen LogP contribution in [-0.2, 0) is 9.59 Å². The Bertz CT molecular complexity index is 1480. The van der Waals surface area contributed by atoms with Crippen molar-refractivity contribution < 1.29 is 23.8 Å². The number of hydrogen-bond donors (Lipinski definition) is 1. The van der Waals surface area contributed by atoms with Crippen LogP contribution >= 0.6 is 27.3 Å². The van der Waals surface area contributed by atoms with Gasteiger partial charge in [-0.25, -0.2) is 9.37 Å². The Morgan fingerprint density at radius 3 is 2.59 bits per heavy atom. The van der Waals surface area contributed by atoms with Crippen molar-refractivity contribution in [2.75, 3.05) is 12.0 Å². The molecular weight excluding hydrogens is 523 g/mol. The van der Waals surface area contributed by atoms with Gasteiger partial charge in [-0.2, -0.15) is 0 Å². The number of fused-ring (bicyclic) bond motifs is 1. The normalized spacial score (nSPS) is 17.5. The van der Waals surface area contributed by atoms with Crippen molar-refractivity contribution in [2.24, 2.45) is 0 Å². The van der Waals surface area contributed by atoms with E-state index in [-0.39, 0.29) is 16.5 Å². The van der Waals surface area contributed by atoms with E-state index in [9.17, 15) is 19.1 Å². The number of aliphatic hydroxyl groups is 1. The lowest BCUT2D eigenvalue weighted by Gasteiger charge is -2.23. The number of aromatic nitrogens is 1. The van der Waals surface area contributed by atoms with Gasteiger partial charge in [0.1, 0.15) is 17.3 Å². The van der Waals surface area contributed by atoms with Crippen LogP contribution < -0.4 is 9.64 Å². The van der Waals surface area contributed by atoms with Gasteiger partial charge in [-0.3, -0.25) is 14.5 Å². The topological polar surface area (TPSA) is 79.7 Å². The summed E-state index contributed by atoms with van der Waals surface area (Å²) in [5.41, 5.74) is 1.42. The smallest absolute Gasteiger partial charge is 0.301 e. The fourth-order valence-corrected chi connectivity index (χ4v) is 5.35. The molecule has 1 aromatic heterocycles. The molecule has 3 aromatic carbocycles. The number of halogens is 2. The van der Waals surface area contributed by atoms with E-state index >= 15 is 0 Å². The van der Waals surface area contributed by atoms with E-state index in [1.165, 1.54) is 30.2 Å². The summed E-state index contributed by atoms with van der Waals surface area (Å²) < 4.78 is 20.2. The number of benzene rings is 3. The molecule has 1 amide bonds. The molecule has 34 heavy (non-hydrogen) atoms. The molecule has 1 aliphatic heterocycles. The number of amides is 1. The molecule has 1 atom stereocenters. The number of nitrogens with zero attached hydrogens (tertiary/aromatic N) is 2. The van der Waals surface area contributed by atoms with Gasteiger partial charge in [0.05, 0.1) is 28.9 Å². The Morgan fingerprint density at radius 2 is 1.88 bits per heavy atom. The quantitative estimate of drug-likeness (QED) is 0.201. The molecule has 0 spiro atoms. The van der Waals surface area contributed by atoms with Crippen molar-refractivity contribution in [3.8, 4) is 5.75 Å². The highest BCUT2D eigenvalue weighted by molar-refractivity contribution is 9.10. The summed E-state index contributed by atoms with van der Waals surface area (Å²) in [6.07, 6.45) is 0. The number of thiazole rings is 1. The molecule has 6 nitrogen and oxygen atoms in total. The standard InChI is InChI=1S/C25H16BrFN2O4S/c1-33-17-8-5-13(6-9-17)22(30)20-21(14-3-2-4-15(26)11-14)29(24(32)23(20)31)25-28-18-10-7-16(27)12-19(18)34-25/h2-12,21,30H,1H3/t21-/m0/s1. The van der Waals surface area contributed by atoms with Crippen molar-refractivity contribution >= 4 is 60.1 Å². The molecule has 1 saturated heterocycles. The van der Waals surface area contributed by atoms with Crippen LogP contribution in [0.4, 0.5) is 9.52 Å². The number of aliphatic hydroxyl groups excluding tert-OH is 1. The second-order valence-electron chi connectivity index (χ2n) is 7.56. The minimum absolute atomic E-state index is 0.0568. The van der Waals surface area contributed by atoms with Gasteiger partial charge < -0.3 is 9.84 Å². The highest BCUT2D eigenvalue weighted by Crippen LogP contribution is 2.44. The Morgan fingerprint density at radius 1 is 1.12 bits per heavy atom. The van der Waals surface area contributed by atoms with Gasteiger partial charge >= 0.3 is 5.91 Å².